The zero-order chi connectivity index (χ0) is 17.1. The van der Waals surface area contributed by atoms with E-state index in [-0.39, 0.29) is 11.4 Å². The average molecular weight is 379 g/mol. The van der Waals surface area contributed by atoms with Gasteiger partial charge in [-0.25, -0.2) is 4.79 Å². The number of aromatic nitrogens is 1. The lowest BCUT2D eigenvalue weighted by Gasteiger charge is -2.04. The monoisotopic (exact) mass is 378 g/mol. The molecule has 0 aliphatic heterocycles. The highest BCUT2D eigenvalue weighted by molar-refractivity contribution is 9.12. The fraction of sp³-hybridized carbons (Fsp3) is 0.188. The minimum absolute atomic E-state index is 0.261. The van der Waals surface area contributed by atoms with Crippen molar-refractivity contribution in [3.05, 3.63) is 56.5 Å². The first-order valence-electron chi connectivity index (χ1n) is 6.62. The van der Waals surface area contributed by atoms with E-state index in [4.69, 9.17) is 4.42 Å². The first-order valence-corrected chi connectivity index (χ1v) is 7.42. The van der Waals surface area contributed by atoms with E-state index in [2.05, 4.69) is 32.5 Å². The van der Waals surface area contributed by atoms with Crippen LogP contribution in [0, 0.1) is 6.92 Å². The summed E-state index contributed by atoms with van der Waals surface area (Å²) >= 11 is 3.24. The fourth-order valence-corrected chi connectivity index (χ4v) is 2.56. The van der Waals surface area contributed by atoms with Gasteiger partial charge in [-0.15, -0.1) is 0 Å². The molecule has 6 nitrogen and oxygen atoms in total. The van der Waals surface area contributed by atoms with E-state index in [1.807, 2.05) is 6.92 Å². The van der Waals surface area contributed by atoms with Crippen molar-refractivity contribution in [3.8, 4) is 0 Å². The van der Waals surface area contributed by atoms with E-state index < -0.39 is 5.76 Å². The number of oxazole rings is 1. The van der Waals surface area contributed by atoms with Crippen molar-refractivity contribution in [3.63, 3.8) is 0 Å². The Hall–Kier alpha value is -2.41. The minimum atomic E-state index is -0.468. The van der Waals surface area contributed by atoms with Crippen molar-refractivity contribution in [1.82, 2.24) is 4.57 Å². The number of benzene rings is 1. The number of nitrogens with zero attached hydrogens (tertiary/aromatic N) is 2. The van der Waals surface area contributed by atoms with E-state index >= 15 is 0 Å². The molecule has 1 aromatic carbocycles. The van der Waals surface area contributed by atoms with Gasteiger partial charge in [0.05, 0.1) is 11.7 Å². The van der Waals surface area contributed by atoms with Crippen LogP contribution in [0.5, 0.6) is 0 Å². The molecule has 120 valence electrons. The second kappa shape index (κ2) is 6.78. The summed E-state index contributed by atoms with van der Waals surface area (Å²) in [5.41, 5.74) is 2.47. The molecular weight excluding hydrogens is 364 g/mol. The summed E-state index contributed by atoms with van der Waals surface area (Å²) in [6, 6.07) is 3.25. The Labute approximate surface area is 140 Å². The van der Waals surface area contributed by atoms with Crippen LogP contribution in [-0.4, -0.2) is 23.7 Å². The van der Waals surface area contributed by atoms with Crippen LogP contribution >= 0.6 is 15.9 Å². The van der Waals surface area contributed by atoms with E-state index in [1.165, 1.54) is 24.0 Å². The molecule has 2 aromatic rings. The predicted octanol–water partition coefficient (Wildman–Crippen LogP) is 3.09. The zero-order valence-electron chi connectivity index (χ0n) is 12.9. The molecule has 0 N–H and O–H groups in total. The number of fused-ring (bicyclic) bond motifs is 1. The largest absolute Gasteiger partial charge is 0.419 e. The Balaban J connectivity index is 2.40. The zero-order valence-corrected chi connectivity index (χ0v) is 14.5. The number of oxime groups is 1. The quantitative estimate of drug-likeness (QED) is 0.263. The Bertz CT molecular complexity index is 903. The van der Waals surface area contributed by atoms with Crippen molar-refractivity contribution < 1.29 is 14.0 Å². The minimum Gasteiger partial charge on any atom is -0.408 e. The van der Waals surface area contributed by atoms with Crippen molar-refractivity contribution in [2.45, 2.75) is 6.92 Å². The van der Waals surface area contributed by atoms with Gasteiger partial charge in [-0.05, 0) is 46.6 Å². The lowest BCUT2D eigenvalue weighted by atomic mass is 10.0. The summed E-state index contributed by atoms with van der Waals surface area (Å²) < 4.78 is 7.10. The number of carbonyl (C=O) groups is 1. The van der Waals surface area contributed by atoms with Gasteiger partial charge in [0, 0.05) is 22.7 Å². The van der Waals surface area contributed by atoms with Crippen LogP contribution in [0.15, 0.2) is 49.2 Å². The standard InChI is InChI=1S/C16H15BrN2O4/c1-9-5-11(7-13-14(9)19(3)16(21)23-13)15(20)10(2)6-12(17)8-18-22-4/h5-8H,2H2,1,3-4H3/b12-6+,18-8+. The highest BCUT2D eigenvalue weighted by atomic mass is 79.9. The van der Waals surface area contributed by atoms with E-state index in [9.17, 15) is 9.59 Å². The highest BCUT2D eigenvalue weighted by Gasteiger charge is 2.15. The number of hydrogen-bond acceptors (Lipinski definition) is 5. The Morgan fingerprint density at radius 1 is 1.48 bits per heavy atom. The number of Topliss-reactive ketones (excluding diaryl/α,β-unsaturated/α-hetero) is 1. The second-order valence-corrected chi connectivity index (χ2v) is 5.78. The van der Waals surface area contributed by atoms with Gasteiger partial charge in [-0.1, -0.05) is 11.7 Å². The molecule has 0 atom stereocenters. The van der Waals surface area contributed by atoms with Crippen LogP contribution in [-0.2, 0) is 11.9 Å². The van der Waals surface area contributed by atoms with Gasteiger partial charge in [0.1, 0.15) is 7.11 Å². The summed E-state index contributed by atoms with van der Waals surface area (Å²) in [4.78, 5) is 28.6. The molecule has 0 radical (unpaired) electrons. The number of carbonyl (C=O) groups excluding carboxylic acids is 1. The van der Waals surface area contributed by atoms with Gasteiger partial charge >= 0.3 is 5.76 Å². The van der Waals surface area contributed by atoms with Gasteiger partial charge in [0.2, 0.25) is 0 Å². The highest BCUT2D eigenvalue weighted by Crippen LogP contribution is 2.21. The molecule has 2 rings (SSSR count). The summed E-state index contributed by atoms with van der Waals surface area (Å²) in [5, 5.41) is 3.58. The number of ketones is 1. The maximum Gasteiger partial charge on any atom is 0.419 e. The van der Waals surface area contributed by atoms with Gasteiger partial charge < -0.3 is 9.25 Å². The smallest absolute Gasteiger partial charge is 0.408 e. The molecule has 0 bridgehead atoms. The van der Waals surface area contributed by atoms with Crippen molar-refractivity contribution in [2.75, 3.05) is 7.11 Å². The van der Waals surface area contributed by atoms with Crippen LogP contribution in [0.2, 0.25) is 0 Å². The van der Waals surface area contributed by atoms with Crippen molar-refractivity contribution in [2.24, 2.45) is 12.2 Å². The molecule has 0 aliphatic carbocycles. The first-order chi connectivity index (χ1) is 10.8. The van der Waals surface area contributed by atoms with Gasteiger partial charge in [0.15, 0.2) is 11.4 Å². The van der Waals surface area contributed by atoms with Crippen LogP contribution in [0.3, 0.4) is 0 Å². The molecule has 0 unspecified atom stereocenters. The number of aryl methyl sites for hydroxylation is 2. The summed E-state index contributed by atoms with van der Waals surface area (Å²) in [5.74, 6) is -0.741. The number of halogens is 1. The SMILES string of the molecule is C=C(/C=C(Br)\C=N\OC)C(=O)c1cc(C)c2c(c1)oc(=O)n2C. The van der Waals surface area contributed by atoms with E-state index in [0.29, 0.717) is 21.1 Å². The Morgan fingerprint density at radius 2 is 2.17 bits per heavy atom. The molecule has 0 saturated heterocycles. The lowest BCUT2D eigenvalue weighted by Crippen LogP contribution is -2.09. The maximum absolute atomic E-state index is 12.5. The third-order valence-electron chi connectivity index (χ3n) is 3.22. The molecule has 1 heterocycles. The molecule has 23 heavy (non-hydrogen) atoms. The molecule has 1 aromatic heterocycles. The van der Waals surface area contributed by atoms with Crippen LogP contribution in [0.1, 0.15) is 15.9 Å². The molecule has 0 fully saturated rings. The van der Waals surface area contributed by atoms with E-state index in [0.717, 1.165) is 5.56 Å². The van der Waals surface area contributed by atoms with Crippen molar-refractivity contribution in [1.29, 1.82) is 0 Å². The summed E-state index contributed by atoms with van der Waals surface area (Å²) in [6.07, 6.45) is 2.94. The second-order valence-electron chi connectivity index (χ2n) is 4.87. The third-order valence-corrected chi connectivity index (χ3v) is 3.65. The summed E-state index contributed by atoms with van der Waals surface area (Å²) in [6.45, 7) is 5.57. The number of rotatable bonds is 5. The molecule has 7 heteroatoms. The molecule has 0 spiro atoms. The summed E-state index contributed by atoms with van der Waals surface area (Å²) in [7, 11) is 3.04. The Morgan fingerprint density at radius 3 is 2.83 bits per heavy atom. The Kier molecular flexibility index (Phi) is 5.00. The normalized spacial score (nSPS) is 12.1. The molecule has 0 aliphatic rings. The van der Waals surface area contributed by atoms with Crippen LogP contribution < -0.4 is 5.76 Å². The number of allylic oxidation sites excluding steroid dienone is 3. The fourth-order valence-electron chi connectivity index (χ4n) is 2.20. The molecule has 0 saturated carbocycles. The van der Waals surface area contributed by atoms with Crippen LogP contribution in [0.4, 0.5) is 0 Å². The molecule has 0 amide bonds. The van der Waals surface area contributed by atoms with Crippen molar-refractivity contribution >= 4 is 39.0 Å². The maximum atomic E-state index is 12.5. The third kappa shape index (κ3) is 3.50. The lowest BCUT2D eigenvalue weighted by molar-refractivity contribution is 0.103. The van der Waals surface area contributed by atoms with E-state index in [1.54, 1.807) is 19.2 Å². The average Bonchev–Trinajstić information content (AvgIpc) is 2.79. The predicted molar refractivity (Wildman–Crippen MR) is 92.2 cm³/mol. The number of hydrogen-bond donors (Lipinski definition) is 0. The van der Waals surface area contributed by atoms with Gasteiger partial charge in [-0.3, -0.25) is 9.36 Å². The first kappa shape index (κ1) is 17.0. The molecular formula is C16H15BrN2O4. The van der Waals surface area contributed by atoms with Gasteiger partial charge in [-0.2, -0.15) is 0 Å². The topological polar surface area (TPSA) is 73.8 Å². The van der Waals surface area contributed by atoms with Crippen LogP contribution in [0.25, 0.3) is 11.1 Å². The van der Waals surface area contributed by atoms with Gasteiger partial charge in [0.25, 0.3) is 0 Å².